The Morgan fingerprint density at radius 3 is 2.32 bits per heavy atom. The monoisotopic (exact) mass is 295 g/mol. The summed E-state index contributed by atoms with van der Waals surface area (Å²) in [4.78, 5) is 2.46. The van der Waals surface area contributed by atoms with Crippen LogP contribution in [-0.4, -0.2) is 23.1 Å². The van der Waals surface area contributed by atoms with Gasteiger partial charge in [-0.2, -0.15) is 0 Å². The number of rotatable bonds is 5. The minimum Gasteiger partial charge on any atom is -0.385 e. The second-order valence-corrected chi connectivity index (χ2v) is 6.35. The first-order valence-electron chi connectivity index (χ1n) is 8.26. The molecule has 0 amide bonds. The number of hydrogen-bond acceptors (Lipinski definition) is 2. The van der Waals surface area contributed by atoms with Crippen LogP contribution in [0.15, 0.2) is 60.7 Å². The quantitative estimate of drug-likeness (QED) is 0.907. The second kappa shape index (κ2) is 6.64. The number of hydrogen-bond donors (Lipinski definition) is 1. The van der Waals surface area contributed by atoms with Gasteiger partial charge in [0.1, 0.15) is 0 Å². The number of aliphatic hydroxyl groups is 1. The Bertz CT molecular complexity index is 583. The lowest BCUT2D eigenvalue weighted by Crippen LogP contribution is -2.36. The van der Waals surface area contributed by atoms with Gasteiger partial charge in [0.05, 0.1) is 5.60 Å². The third-order valence-corrected chi connectivity index (χ3v) is 5.01. The molecule has 2 heteroatoms. The van der Waals surface area contributed by atoms with Crippen molar-refractivity contribution in [1.82, 2.24) is 4.90 Å². The first-order chi connectivity index (χ1) is 10.7. The fraction of sp³-hybridized carbons (Fsp3) is 0.400. The van der Waals surface area contributed by atoms with Crippen LogP contribution in [0, 0.1) is 5.92 Å². The highest BCUT2D eigenvalue weighted by atomic mass is 16.3. The Labute approximate surface area is 133 Å². The van der Waals surface area contributed by atoms with Crippen molar-refractivity contribution < 1.29 is 5.11 Å². The molecule has 1 saturated heterocycles. The van der Waals surface area contributed by atoms with Crippen molar-refractivity contribution in [2.75, 3.05) is 13.1 Å². The molecule has 3 rings (SSSR count). The maximum atomic E-state index is 11.2. The van der Waals surface area contributed by atoms with E-state index in [1.165, 1.54) is 5.56 Å². The van der Waals surface area contributed by atoms with Gasteiger partial charge in [-0.15, -0.1) is 0 Å². The number of nitrogens with zero attached hydrogens (tertiary/aromatic N) is 1. The lowest BCUT2D eigenvalue weighted by Gasteiger charge is -2.34. The Kier molecular flexibility index (Phi) is 4.60. The smallest absolute Gasteiger partial charge is 0.0934 e. The number of likely N-dealkylation sites (tertiary alicyclic amines) is 1. The summed E-state index contributed by atoms with van der Waals surface area (Å²) in [6.45, 7) is 5.10. The summed E-state index contributed by atoms with van der Waals surface area (Å²) in [5, 5.41) is 11.2. The fourth-order valence-electron chi connectivity index (χ4n) is 3.66. The highest BCUT2D eigenvalue weighted by Crippen LogP contribution is 2.38. The molecule has 2 nitrogen and oxygen atoms in total. The molecular weight excluding hydrogens is 270 g/mol. The van der Waals surface area contributed by atoms with Gasteiger partial charge >= 0.3 is 0 Å². The third-order valence-electron chi connectivity index (χ3n) is 5.01. The van der Waals surface area contributed by atoms with E-state index < -0.39 is 5.60 Å². The number of benzene rings is 2. The summed E-state index contributed by atoms with van der Waals surface area (Å²) < 4.78 is 0. The van der Waals surface area contributed by atoms with Gasteiger partial charge in [0.15, 0.2) is 0 Å². The van der Waals surface area contributed by atoms with Crippen molar-refractivity contribution in [3.63, 3.8) is 0 Å². The van der Waals surface area contributed by atoms with E-state index in [-0.39, 0.29) is 0 Å². The molecular formula is C20H25NO. The molecule has 1 heterocycles. The highest BCUT2D eigenvalue weighted by molar-refractivity contribution is 5.24. The Balaban J connectivity index is 1.71. The summed E-state index contributed by atoms with van der Waals surface area (Å²) in [6.07, 6.45) is 1.83. The maximum absolute atomic E-state index is 11.2. The van der Waals surface area contributed by atoms with Crippen molar-refractivity contribution >= 4 is 0 Å². The molecule has 2 aromatic carbocycles. The van der Waals surface area contributed by atoms with Crippen LogP contribution in [0.25, 0.3) is 0 Å². The molecule has 2 aromatic rings. The standard InChI is InChI=1S/C20H25NO/c1-2-20(22,18-11-7-4-8-12-18)19-13-14-21(16-19)15-17-9-5-3-6-10-17/h3-12,19,22H,2,13-16H2,1H3/t19-,20-/m0/s1. The van der Waals surface area contributed by atoms with Crippen LogP contribution in [-0.2, 0) is 12.1 Å². The molecule has 1 aliphatic rings. The zero-order valence-electron chi connectivity index (χ0n) is 13.3. The van der Waals surface area contributed by atoms with Crippen LogP contribution in [0.5, 0.6) is 0 Å². The average molecular weight is 295 g/mol. The van der Waals surface area contributed by atoms with Crippen LogP contribution >= 0.6 is 0 Å². The van der Waals surface area contributed by atoms with Crippen LogP contribution in [0.3, 0.4) is 0 Å². The Morgan fingerprint density at radius 1 is 1.05 bits per heavy atom. The van der Waals surface area contributed by atoms with Crippen molar-refractivity contribution in [1.29, 1.82) is 0 Å². The molecule has 1 N–H and O–H groups in total. The SMILES string of the molecule is CC[C@](O)(c1ccccc1)[C@H]1CCN(Cc2ccccc2)C1. The molecule has 22 heavy (non-hydrogen) atoms. The van der Waals surface area contributed by atoms with Crippen molar-refractivity contribution in [3.8, 4) is 0 Å². The molecule has 1 aliphatic heterocycles. The predicted octanol–water partition coefficient (Wildman–Crippen LogP) is 3.81. The van der Waals surface area contributed by atoms with Gasteiger partial charge in [-0.05, 0) is 30.5 Å². The van der Waals surface area contributed by atoms with E-state index in [0.717, 1.165) is 38.0 Å². The van der Waals surface area contributed by atoms with Crippen LogP contribution in [0.2, 0.25) is 0 Å². The van der Waals surface area contributed by atoms with Gasteiger partial charge in [0.25, 0.3) is 0 Å². The van der Waals surface area contributed by atoms with E-state index in [1.54, 1.807) is 0 Å². The summed E-state index contributed by atoms with van der Waals surface area (Å²) in [6, 6.07) is 20.8. The molecule has 116 valence electrons. The summed E-state index contributed by atoms with van der Waals surface area (Å²) in [5.74, 6) is 0.309. The van der Waals surface area contributed by atoms with Gasteiger partial charge in [0, 0.05) is 19.0 Å². The van der Waals surface area contributed by atoms with E-state index in [1.807, 2.05) is 18.2 Å². The predicted molar refractivity (Wildman–Crippen MR) is 90.5 cm³/mol. The van der Waals surface area contributed by atoms with E-state index in [2.05, 4.69) is 54.3 Å². The van der Waals surface area contributed by atoms with Crippen LogP contribution in [0.4, 0.5) is 0 Å². The molecule has 0 unspecified atom stereocenters. The average Bonchev–Trinajstić information content (AvgIpc) is 3.05. The van der Waals surface area contributed by atoms with E-state index in [0.29, 0.717) is 5.92 Å². The molecule has 0 bridgehead atoms. The van der Waals surface area contributed by atoms with Gasteiger partial charge in [-0.25, -0.2) is 0 Å². The van der Waals surface area contributed by atoms with Crippen LogP contribution < -0.4 is 0 Å². The lowest BCUT2D eigenvalue weighted by atomic mass is 9.79. The molecule has 0 aliphatic carbocycles. The maximum Gasteiger partial charge on any atom is 0.0934 e. The minimum atomic E-state index is -0.702. The lowest BCUT2D eigenvalue weighted by molar-refractivity contribution is -0.0244. The summed E-state index contributed by atoms with van der Waals surface area (Å²) in [7, 11) is 0. The third kappa shape index (κ3) is 3.08. The first-order valence-corrected chi connectivity index (χ1v) is 8.26. The van der Waals surface area contributed by atoms with Gasteiger partial charge in [-0.1, -0.05) is 67.6 Å². The minimum absolute atomic E-state index is 0.309. The van der Waals surface area contributed by atoms with Gasteiger partial charge in [0.2, 0.25) is 0 Å². The van der Waals surface area contributed by atoms with Gasteiger partial charge < -0.3 is 5.11 Å². The van der Waals surface area contributed by atoms with Gasteiger partial charge in [-0.3, -0.25) is 4.90 Å². The van der Waals surface area contributed by atoms with Crippen LogP contribution in [0.1, 0.15) is 30.9 Å². The van der Waals surface area contributed by atoms with Crippen molar-refractivity contribution in [2.45, 2.75) is 31.9 Å². The second-order valence-electron chi connectivity index (χ2n) is 6.35. The van der Waals surface area contributed by atoms with E-state index in [9.17, 15) is 5.11 Å². The van der Waals surface area contributed by atoms with E-state index in [4.69, 9.17) is 0 Å². The normalized spacial score (nSPS) is 21.6. The topological polar surface area (TPSA) is 23.5 Å². The first kappa shape index (κ1) is 15.3. The summed E-state index contributed by atoms with van der Waals surface area (Å²) >= 11 is 0. The van der Waals surface area contributed by atoms with E-state index >= 15 is 0 Å². The molecule has 0 radical (unpaired) electrons. The zero-order chi connectivity index (χ0) is 15.4. The highest BCUT2D eigenvalue weighted by Gasteiger charge is 2.40. The van der Waals surface area contributed by atoms with Crippen molar-refractivity contribution in [2.24, 2.45) is 5.92 Å². The molecule has 0 saturated carbocycles. The Morgan fingerprint density at radius 2 is 1.68 bits per heavy atom. The fourth-order valence-corrected chi connectivity index (χ4v) is 3.66. The Hall–Kier alpha value is -1.64. The molecule has 0 aromatic heterocycles. The largest absolute Gasteiger partial charge is 0.385 e. The molecule has 0 spiro atoms. The van der Waals surface area contributed by atoms with Crippen molar-refractivity contribution in [3.05, 3.63) is 71.8 Å². The zero-order valence-corrected chi connectivity index (χ0v) is 13.3. The summed E-state index contributed by atoms with van der Waals surface area (Å²) in [5.41, 5.74) is 1.71. The molecule has 1 fully saturated rings. The molecule has 2 atom stereocenters.